The quantitative estimate of drug-likeness (QED) is 0.691. The molecule has 0 spiro atoms. The van der Waals surface area contributed by atoms with Crippen LogP contribution in [0.5, 0.6) is 0 Å². The van der Waals surface area contributed by atoms with Crippen LogP contribution in [0.25, 0.3) is 0 Å². The molecule has 1 amide bonds. The number of Topliss-reactive ketones (excluding diaryl/α,β-unsaturated/α-hetero) is 1. The Balaban J connectivity index is 1.61. The monoisotopic (exact) mass is 323 g/mol. The minimum absolute atomic E-state index is 0.127. The summed E-state index contributed by atoms with van der Waals surface area (Å²) in [4.78, 5) is 36.2. The predicted octanol–water partition coefficient (Wildman–Crippen LogP) is 2.08. The minimum Gasteiger partial charge on any atom is -0.448 e. The number of amides is 1. The van der Waals surface area contributed by atoms with Crippen LogP contribution in [0.3, 0.4) is 0 Å². The second-order valence-electron chi connectivity index (χ2n) is 5.76. The van der Waals surface area contributed by atoms with Crippen LogP contribution in [0.2, 0.25) is 0 Å². The third-order valence-corrected chi connectivity index (χ3v) is 3.98. The molecule has 2 aromatic rings. The van der Waals surface area contributed by atoms with Gasteiger partial charge < -0.3 is 10.1 Å². The van der Waals surface area contributed by atoms with Crippen LogP contribution >= 0.6 is 0 Å². The lowest BCUT2D eigenvalue weighted by Gasteiger charge is -2.23. The van der Waals surface area contributed by atoms with E-state index in [-0.39, 0.29) is 12.3 Å². The fraction of sp³-hybridized carbons (Fsp3) is 0.211. The Kier molecular flexibility index (Phi) is 4.42. The van der Waals surface area contributed by atoms with Crippen molar-refractivity contribution in [3.63, 3.8) is 0 Å². The second kappa shape index (κ2) is 6.66. The minimum atomic E-state index is -0.904. The number of rotatable bonds is 4. The van der Waals surface area contributed by atoms with Crippen LogP contribution in [0.1, 0.15) is 31.8 Å². The second-order valence-corrected chi connectivity index (χ2v) is 5.76. The predicted molar refractivity (Wildman–Crippen MR) is 87.9 cm³/mol. The first-order valence-corrected chi connectivity index (χ1v) is 7.71. The lowest BCUT2D eigenvalue weighted by atomic mass is 9.98. The average Bonchev–Trinajstić information content (AvgIpc) is 2.60. The molecule has 1 N–H and O–H groups in total. The van der Waals surface area contributed by atoms with Crippen molar-refractivity contribution in [3.05, 3.63) is 70.8 Å². The van der Waals surface area contributed by atoms with Crippen molar-refractivity contribution in [1.29, 1.82) is 0 Å². The molecular weight excluding hydrogens is 306 g/mol. The van der Waals surface area contributed by atoms with E-state index in [1.54, 1.807) is 30.3 Å². The third-order valence-electron chi connectivity index (χ3n) is 3.98. The van der Waals surface area contributed by atoms with E-state index in [1.165, 1.54) is 0 Å². The van der Waals surface area contributed by atoms with E-state index < -0.39 is 18.0 Å². The Bertz CT molecular complexity index is 795. The Hall–Kier alpha value is -2.95. The Morgan fingerprint density at radius 1 is 1.12 bits per heavy atom. The van der Waals surface area contributed by atoms with Crippen molar-refractivity contribution < 1.29 is 19.1 Å². The molecule has 0 bridgehead atoms. The fourth-order valence-corrected chi connectivity index (χ4v) is 2.60. The molecule has 0 radical (unpaired) electrons. The van der Waals surface area contributed by atoms with Crippen LogP contribution in [-0.4, -0.2) is 30.3 Å². The summed E-state index contributed by atoms with van der Waals surface area (Å²) in [5, 5.41) is 2.55. The van der Waals surface area contributed by atoms with Gasteiger partial charge in [0.15, 0.2) is 11.9 Å². The van der Waals surface area contributed by atoms with Gasteiger partial charge in [0, 0.05) is 12.0 Å². The van der Waals surface area contributed by atoms with Gasteiger partial charge in [-0.1, -0.05) is 48.0 Å². The summed E-state index contributed by atoms with van der Waals surface area (Å²) in [7, 11) is 0. The molecule has 1 atom stereocenters. The number of hydrogen-bond donors (Lipinski definition) is 1. The molecular formula is C19H17NO4. The van der Waals surface area contributed by atoms with Crippen LogP contribution < -0.4 is 5.32 Å². The maximum absolute atomic E-state index is 12.2. The number of carbonyl (C=O) groups excluding carboxylic acids is 3. The van der Waals surface area contributed by atoms with Gasteiger partial charge in [0.25, 0.3) is 5.91 Å². The molecule has 0 aromatic heterocycles. The molecule has 0 aliphatic carbocycles. The van der Waals surface area contributed by atoms with E-state index in [2.05, 4.69) is 5.32 Å². The van der Waals surface area contributed by atoms with Gasteiger partial charge in [-0.3, -0.25) is 9.59 Å². The highest BCUT2D eigenvalue weighted by atomic mass is 16.5. The number of nitrogens with one attached hydrogen (secondary N) is 1. The number of cyclic esters (lactones) is 1. The topological polar surface area (TPSA) is 72.5 Å². The summed E-state index contributed by atoms with van der Waals surface area (Å²) in [6, 6.07) is 14.2. The number of carbonyl (C=O) groups is 3. The molecule has 0 fully saturated rings. The molecule has 5 heteroatoms. The molecule has 1 aliphatic rings. The number of benzene rings is 2. The zero-order valence-corrected chi connectivity index (χ0v) is 13.2. The summed E-state index contributed by atoms with van der Waals surface area (Å²) in [6.07, 6.45) is -0.592. The molecule has 0 saturated carbocycles. The molecule has 1 aliphatic heterocycles. The van der Waals surface area contributed by atoms with Crippen molar-refractivity contribution in [2.45, 2.75) is 19.4 Å². The normalized spacial score (nSPS) is 16.0. The smallest absolute Gasteiger partial charge is 0.339 e. The Morgan fingerprint density at radius 3 is 2.58 bits per heavy atom. The highest BCUT2D eigenvalue weighted by Crippen LogP contribution is 2.20. The first-order valence-electron chi connectivity index (χ1n) is 7.71. The van der Waals surface area contributed by atoms with E-state index in [4.69, 9.17) is 4.74 Å². The maximum Gasteiger partial charge on any atom is 0.339 e. The summed E-state index contributed by atoms with van der Waals surface area (Å²) in [5.74, 6) is -1.16. The van der Waals surface area contributed by atoms with Crippen molar-refractivity contribution in [2.24, 2.45) is 0 Å². The number of ether oxygens (including phenoxy) is 1. The summed E-state index contributed by atoms with van der Waals surface area (Å²) >= 11 is 0. The van der Waals surface area contributed by atoms with Crippen LogP contribution in [-0.2, 0) is 16.0 Å². The van der Waals surface area contributed by atoms with E-state index in [1.807, 2.05) is 25.1 Å². The van der Waals surface area contributed by atoms with Gasteiger partial charge in [0.2, 0.25) is 0 Å². The van der Waals surface area contributed by atoms with Crippen molar-refractivity contribution in [3.8, 4) is 0 Å². The highest BCUT2D eigenvalue weighted by Gasteiger charge is 2.31. The lowest BCUT2D eigenvalue weighted by Crippen LogP contribution is -2.43. The van der Waals surface area contributed by atoms with Gasteiger partial charge in [0.05, 0.1) is 12.1 Å². The molecule has 1 heterocycles. The van der Waals surface area contributed by atoms with Crippen LogP contribution in [0.4, 0.5) is 0 Å². The first kappa shape index (κ1) is 15.9. The van der Waals surface area contributed by atoms with Crippen LogP contribution in [0.15, 0.2) is 48.5 Å². The molecule has 3 rings (SSSR count). The van der Waals surface area contributed by atoms with Gasteiger partial charge in [-0.05, 0) is 18.6 Å². The Labute approximate surface area is 139 Å². The lowest BCUT2D eigenvalue weighted by molar-refractivity contribution is -0.130. The standard InChI is InChI=1S/C19H17NO4/c1-12-6-8-13(9-7-12)16(21)11-20-18(22)17-10-14-4-2-3-5-15(14)19(23)24-17/h2-9,17H,10-11H2,1H3,(H,20,22). The maximum atomic E-state index is 12.2. The third kappa shape index (κ3) is 3.35. The van der Waals surface area contributed by atoms with E-state index in [9.17, 15) is 14.4 Å². The summed E-state index contributed by atoms with van der Waals surface area (Å²) < 4.78 is 5.17. The highest BCUT2D eigenvalue weighted by molar-refractivity contribution is 6.00. The van der Waals surface area contributed by atoms with E-state index >= 15 is 0 Å². The fourth-order valence-electron chi connectivity index (χ4n) is 2.60. The molecule has 2 aromatic carbocycles. The van der Waals surface area contributed by atoms with Crippen LogP contribution in [0, 0.1) is 6.92 Å². The van der Waals surface area contributed by atoms with Crippen molar-refractivity contribution in [1.82, 2.24) is 5.32 Å². The molecule has 0 saturated heterocycles. The van der Waals surface area contributed by atoms with Crippen molar-refractivity contribution in [2.75, 3.05) is 6.54 Å². The van der Waals surface area contributed by atoms with Gasteiger partial charge >= 0.3 is 5.97 Å². The van der Waals surface area contributed by atoms with Gasteiger partial charge in [-0.15, -0.1) is 0 Å². The largest absolute Gasteiger partial charge is 0.448 e. The van der Waals surface area contributed by atoms with E-state index in [0.29, 0.717) is 17.5 Å². The molecule has 5 nitrogen and oxygen atoms in total. The van der Waals surface area contributed by atoms with Gasteiger partial charge in [0.1, 0.15) is 0 Å². The molecule has 122 valence electrons. The zero-order chi connectivity index (χ0) is 17.1. The first-order chi connectivity index (χ1) is 11.5. The van der Waals surface area contributed by atoms with E-state index in [0.717, 1.165) is 11.1 Å². The number of fused-ring (bicyclic) bond motifs is 1. The molecule has 24 heavy (non-hydrogen) atoms. The van der Waals surface area contributed by atoms with Gasteiger partial charge in [-0.25, -0.2) is 4.79 Å². The average molecular weight is 323 g/mol. The number of hydrogen-bond acceptors (Lipinski definition) is 4. The molecule has 1 unspecified atom stereocenters. The summed E-state index contributed by atoms with van der Waals surface area (Å²) in [5.41, 5.74) is 2.85. The number of esters is 1. The number of aryl methyl sites for hydroxylation is 1. The SMILES string of the molecule is Cc1ccc(C(=O)CNC(=O)C2Cc3ccccc3C(=O)O2)cc1. The van der Waals surface area contributed by atoms with Gasteiger partial charge in [-0.2, -0.15) is 0 Å². The number of ketones is 1. The van der Waals surface area contributed by atoms with Crippen molar-refractivity contribution >= 4 is 17.7 Å². The Morgan fingerprint density at radius 2 is 1.83 bits per heavy atom. The zero-order valence-electron chi connectivity index (χ0n) is 13.2. The summed E-state index contributed by atoms with van der Waals surface area (Å²) in [6.45, 7) is 1.81.